The molecule has 0 saturated carbocycles. The van der Waals surface area contributed by atoms with Crippen molar-refractivity contribution < 1.29 is 9.53 Å². The van der Waals surface area contributed by atoms with Gasteiger partial charge in [0.15, 0.2) is 5.69 Å². The van der Waals surface area contributed by atoms with Gasteiger partial charge in [0.25, 0.3) is 0 Å². The van der Waals surface area contributed by atoms with Gasteiger partial charge in [0, 0.05) is 6.04 Å². The number of carbonyl (C=O) groups is 1. The molecular formula is C11H19N3O2. The first-order chi connectivity index (χ1) is 7.52. The van der Waals surface area contributed by atoms with Crippen LogP contribution in [0.25, 0.3) is 0 Å². The molecule has 1 unspecified atom stereocenters. The second-order valence-electron chi connectivity index (χ2n) is 3.77. The quantitative estimate of drug-likeness (QED) is 0.795. The minimum absolute atomic E-state index is 0.135. The van der Waals surface area contributed by atoms with E-state index in [9.17, 15) is 4.79 Å². The second kappa shape index (κ2) is 5.01. The highest BCUT2D eigenvalue weighted by molar-refractivity contribution is 5.93. The summed E-state index contributed by atoms with van der Waals surface area (Å²) in [5, 5.41) is 4.28. The summed E-state index contributed by atoms with van der Waals surface area (Å²) in [7, 11) is 0. The number of aromatic nitrogens is 2. The van der Waals surface area contributed by atoms with Crippen molar-refractivity contribution in [3.63, 3.8) is 0 Å². The largest absolute Gasteiger partial charge is 0.461 e. The number of carbonyl (C=O) groups excluding carboxylic acids is 1. The molecule has 5 heteroatoms. The van der Waals surface area contributed by atoms with Gasteiger partial charge < -0.3 is 10.5 Å². The number of hydrogen-bond donors (Lipinski definition) is 1. The molecule has 1 rings (SSSR count). The maximum Gasteiger partial charge on any atom is 0.358 e. The van der Waals surface area contributed by atoms with Crippen molar-refractivity contribution in [1.29, 1.82) is 0 Å². The molecule has 1 atom stereocenters. The van der Waals surface area contributed by atoms with Crippen LogP contribution >= 0.6 is 0 Å². The van der Waals surface area contributed by atoms with E-state index in [4.69, 9.17) is 10.5 Å². The molecule has 1 aromatic rings. The van der Waals surface area contributed by atoms with E-state index in [2.05, 4.69) is 5.10 Å². The lowest BCUT2D eigenvalue weighted by molar-refractivity contribution is 0.0510. The molecule has 0 saturated heterocycles. The Kier molecular flexibility index (Phi) is 3.93. The van der Waals surface area contributed by atoms with Crippen molar-refractivity contribution in [2.75, 3.05) is 12.3 Å². The predicted molar refractivity (Wildman–Crippen MR) is 62.3 cm³/mol. The number of aryl methyl sites for hydroxylation is 1. The van der Waals surface area contributed by atoms with Gasteiger partial charge in [-0.3, -0.25) is 4.68 Å². The number of nitrogen functional groups attached to an aromatic ring is 1. The Balaban J connectivity index is 3.18. The fourth-order valence-corrected chi connectivity index (χ4v) is 1.46. The topological polar surface area (TPSA) is 70.1 Å². The number of esters is 1. The SMILES string of the molecule is CCOC(=O)c1c(N)c(C)nn1C(C)CC. The molecule has 0 aromatic carbocycles. The van der Waals surface area contributed by atoms with Crippen LogP contribution in [0.2, 0.25) is 0 Å². The van der Waals surface area contributed by atoms with Gasteiger partial charge in [-0.05, 0) is 27.2 Å². The Hall–Kier alpha value is -1.52. The maximum atomic E-state index is 11.8. The van der Waals surface area contributed by atoms with Gasteiger partial charge in [0.2, 0.25) is 0 Å². The number of nitrogens with zero attached hydrogens (tertiary/aromatic N) is 2. The van der Waals surface area contributed by atoms with Gasteiger partial charge in [-0.25, -0.2) is 4.79 Å². The molecule has 1 aromatic heterocycles. The van der Waals surface area contributed by atoms with Crippen LogP contribution in [0.4, 0.5) is 5.69 Å². The Morgan fingerprint density at radius 3 is 2.69 bits per heavy atom. The fraction of sp³-hybridized carbons (Fsp3) is 0.636. The van der Waals surface area contributed by atoms with Crippen LogP contribution in [-0.4, -0.2) is 22.4 Å². The van der Waals surface area contributed by atoms with Crippen molar-refractivity contribution in [1.82, 2.24) is 9.78 Å². The summed E-state index contributed by atoms with van der Waals surface area (Å²) in [6.07, 6.45) is 0.882. The average Bonchev–Trinajstić information content (AvgIpc) is 2.55. The van der Waals surface area contributed by atoms with E-state index >= 15 is 0 Å². The molecule has 0 amide bonds. The van der Waals surface area contributed by atoms with E-state index in [-0.39, 0.29) is 6.04 Å². The molecule has 90 valence electrons. The van der Waals surface area contributed by atoms with E-state index in [1.165, 1.54) is 0 Å². The smallest absolute Gasteiger partial charge is 0.358 e. The van der Waals surface area contributed by atoms with Gasteiger partial charge in [-0.2, -0.15) is 5.10 Å². The lowest BCUT2D eigenvalue weighted by Gasteiger charge is -2.12. The lowest BCUT2D eigenvalue weighted by Crippen LogP contribution is -2.17. The minimum atomic E-state index is -0.402. The Morgan fingerprint density at radius 1 is 1.56 bits per heavy atom. The Labute approximate surface area is 95.6 Å². The molecule has 0 spiro atoms. The average molecular weight is 225 g/mol. The van der Waals surface area contributed by atoms with E-state index in [1.54, 1.807) is 18.5 Å². The van der Waals surface area contributed by atoms with Gasteiger partial charge in [0.05, 0.1) is 18.0 Å². The molecule has 0 aliphatic carbocycles. The highest BCUT2D eigenvalue weighted by atomic mass is 16.5. The normalized spacial score (nSPS) is 12.5. The highest BCUT2D eigenvalue weighted by Crippen LogP contribution is 2.22. The molecule has 0 aliphatic rings. The van der Waals surface area contributed by atoms with Crippen LogP contribution < -0.4 is 5.73 Å². The summed E-state index contributed by atoms with van der Waals surface area (Å²) in [6.45, 7) is 7.92. The minimum Gasteiger partial charge on any atom is -0.461 e. The lowest BCUT2D eigenvalue weighted by atomic mass is 10.2. The standard InChI is InChI=1S/C11H19N3O2/c1-5-7(3)14-10(11(15)16-6-2)9(12)8(4)13-14/h7H,5-6,12H2,1-4H3. The van der Waals surface area contributed by atoms with Crippen molar-refractivity contribution >= 4 is 11.7 Å². The first-order valence-corrected chi connectivity index (χ1v) is 5.54. The van der Waals surface area contributed by atoms with Crippen LogP contribution in [0.15, 0.2) is 0 Å². The number of anilines is 1. The van der Waals surface area contributed by atoms with Gasteiger partial charge >= 0.3 is 5.97 Å². The zero-order valence-corrected chi connectivity index (χ0v) is 10.3. The molecule has 0 aliphatic heterocycles. The highest BCUT2D eigenvalue weighted by Gasteiger charge is 2.23. The summed E-state index contributed by atoms with van der Waals surface area (Å²) >= 11 is 0. The first-order valence-electron chi connectivity index (χ1n) is 5.54. The van der Waals surface area contributed by atoms with E-state index in [0.717, 1.165) is 6.42 Å². The molecule has 5 nitrogen and oxygen atoms in total. The van der Waals surface area contributed by atoms with Crippen LogP contribution in [0.1, 0.15) is 49.4 Å². The van der Waals surface area contributed by atoms with Gasteiger partial charge in [-0.1, -0.05) is 6.92 Å². The van der Waals surface area contributed by atoms with E-state index in [0.29, 0.717) is 23.7 Å². The summed E-state index contributed by atoms with van der Waals surface area (Å²) < 4.78 is 6.63. The number of ether oxygens (including phenoxy) is 1. The van der Waals surface area contributed by atoms with Crippen LogP contribution in [0.5, 0.6) is 0 Å². The van der Waals surface area contributed by atoms with Crippen LogP contribution in [-0.2, 0) is 4.74 Å². The van der Waals surface area contributed by atoms with Crippen LogP contribution in [0.3, 0.4) is 0 Å². The van der Waals surface area contributed by atoms with Crippen molar-refractivity contribution in [3.8, 4) is 0 Å². The van der Waals surface area contributed by atoms with Crippen molar-refractivity contribution in [2.45, 2.75) is 40.2 Å². The zero-order valence-electron chi connectivity index (χ0n) is 10.3. The fourth-order valence-electron chi connectivity index (χ4n) is 1.46. The molecule has 1 heterocycles. The van der Waals surface area contributed by atoms with Gasteiger partial charge in [0.1, 0.15) is 0 Å². The summed E-state index contributed by atoms with van der Waals surface area (Å²) in [5.74, 6) is -0.402. The third-order valence-corrected chi connectivity index (χ3v) is 2.61. The first kappa shape index (κ1) is 12.5. The Morgan fingerprint density at radius 2 is 2.19 bits per heavy atom. The van der Waals surface area contributed by atoms with Gasteiger partial charge in [-0.15, -0.1) is 0 Å². The number of hydrogen-bond acceptors (Lipinski definition) is 4. The zero-order chi connectivity index (χ0) is 12.3. The van der Waals surface area contributed by atoms with E-state index in [1.807, 2.05) is 13.8 Å². The van der Waals surface area contributed by atoms with Crippen LogP contribution in [0, 0.1) is 6.92 Å². The maximum absolute atomic E-state index is 11.8. The predicted octanol–water partition coefficient (Wildman–Crippen LogP) is 1.92. The molecule has 0 radical (unpaired) electrons. The third-order valence-electron chi connectivity index (χ3n) is 2.61. The molecule has 2 N–H and O–H groups in total. The summed E-state index contributed by atoms with van der Waals surface area (Å²) in [6, 6.07) is 0.135. The molecule has 16 heavy (non-hydrogen) atoms. The van der Waals surface area contributed by atoms with Crippen molar-refractivity contribution in [3.05, 3.63) is 11.4 Å². The molecule has 0 bridgehead atoms. The van der Waals surface area contributed by atoms with Crippen molar-refractivity contribution in [2.24, 2.45) is 0 Å². The molecule has 0 fully saturated rings. The monoisotopic (exact) mass is 225 g/mol. The second-order valence-corrected chi connectivity index (χ2v) is 3.77. The third kappa shape index (κ3) is 2.18. The molecular weight excluding hydrogens is 206 g/mol. The summed E-state index contributed by atoms with van der Waals surface area (Å²) in [4.78, 5) is 11.8. The summed E-state index contributed by atoms with van der Waals surface area (Å²) in [5.41, 5.74) is 7.30. The number of rotatable bonds is 4. The Bertz CT molecular complexity index is 385. The number of nitrogens with two attached hydrogens (primary N) is 1. The van der Waals surface area contributed by atoms with E-state index < -0.39 is 5.97 Å².